The molecule has 142 valence electrons. The molecule has 0 saturated carbocycles. The molecule has 3 rings (SSSR count). The first kappa shape index (κ1) is 19.1. The number of anilines is 1. The number of hydrogen-bond acceptors (Lipinski definition) is 4. The zero-order valence-corrected chi connectivity index (χ0v) is 16.8. The van der Waals surface area contributed by atoms with Crippen LogP contribution in [-0.2, 0) is 11.3 Å². The Balaban J connectivity index is 1.75. The van der Waals surface area contributed by atoms with Crippen LogP contribution < -0.4 is 10.6 Å². The maximum Gasteiger partial charge on any atom is 0.262 e. The third-order valence-electron chi connectivity index (χ3n) is 4.38. The highest BCUT2D eigenvalue weighted by Gasteiger charge is 2.30. The van der Waals surface area contributed by atoms with Gasteiger partial charge in [0.2, 0.25) is 5.91 Å². The zero-order chi connectivity index (χ0) is 19.6. The fourth-order valence-corrected chi connectivity index (χ4v) is 3.55. The van der Waals surface area contributed by atoms with Gasteiger partial charge in [0.1, 0.15) is 11.4 Å². The van der Waals surface area contributed by atoms with E-state index in [4.69, 9.17) is 0 Å². The summed E-state index contributed by atoms with van der Waals surface area (Å²) in [6, 6.07) is 9.24. The van der Waals surface area contributed by atoms with Crippen LogP contribution >= 0.6 is 11.3 Å². The Labute approximate surface area is 162 Å². The van der Waals surface area contributed by atoms with E-state index < -0.39 is 5.54 Å². The van der Waals surface area contributed by atoms with E-state index >= 15 is 0 Å². The van der Waals surface area contributed by atoms with Crippen LogP contribution in [0.1, 0.15) is 42.7 Å². The molecule has 0 fully saturated rings. The summed E-state index contributed by atoms with van der Waals surface area (Å²) < 4.78 is 2.17. The summed E-state index contributed by atoms with van der Waals surface area (Å²) in [4.78, 5) is 30.1. The van der Waals surface area contributed by atoms with Crippen molar-refractivity contribution in [2.24, 2.45) is 0 Å². The second-order valence-electron chi connectivity index (χ2n) is 7.02. The van der Waals surface area contributed by atoms with Crippen molar-refractivity contribution in [3.8, 4) is 0 Å². The van der Waals surface area contributed by atoms with Gasteiger partial charge >= 0.3 is 0 Å². The van der Waals surface area contributed by atoms with Crippen molar-refractivity contribution in [1.82, 2.24) is 14.9 Å². The molecule has 0 unspecified atom stereocenters. The standard InChI is InChI=1S/C20H24N4O2S/c1-5-10-24-13(2)21-15-12-14(8-9-16(15)24)22-19(26)20(3,4)23-18(25)17-7-6-11-27-17/h6-9,11-12H,5,10H2,1-4H3,(H,22,26)(H,23,25). The molecular formula is C20H24N4O2S. The second-order valence-corrected chi connectivity index (χ2v) is 7.97. The minimum absolute atomic E-state index is 0.255. The maximum atomic E-state index is 12.7. The number of rotatable bonds is 6. The molecule has 0 atom stereocenters. The van der Waals surface area contributed by atoms with Gasteiger partial charge in [-0.3, -0.25) is 9.59 Å². The van der Waals surface area contributed by atoms with Crippen molar-refractivity contribution >= 4 is 39.9 Å². The zero-order valence-electron chi connectivity index (χ0n) is 16.0. The van der Waals surface area contributed by atoms with Crippen LogP contribution in [0.5, 0.6) is 0 Å². The number of carbonyl (C=O) groups excluding carboxylic acids is 2. The molecule has 2 aromatic heterocycles. The quantitative estimate of drug-likeness (QED) is 0.675. The average molecular weight is 385 g/mol. The van der Waals surface area contributed by atoms with Crippen LogP contribution in [0.3, 0.4) is 0 Å². The van der Waals surface area contributed by atoms with Crippen LogP contribution in [-0.4, -0.2) is 26.9 Å². The van der Waals surface area contributed by atoms with Crippen LogP contribution in [0, 0.1) is 6.92 Å². The monoisotopic (exact) mass is 384 g/mol. The number of aryl methyl sites for hydroxylation is 2. The highest BCUT2D eigenvalue weighted by Crippen LogP contribution is 2.22. The summed E-state index contributed by atoms with van der Waals surface area (Å²) in [7, 11) is 0. The summed E-state index contributed by atoms with van der Waals surface area (Å²) in [5.41, 5.74) is 1.51. The molecule has 0 aliphatic heterocycles. The molecule has 0 spiro atoms. The fraction of sp³-hybridized carbons (Fsp3) is 0.350. The Morgan fingerprint density at radius 1 is 1.26 bits per heavy atom. The number of hydrogen-bond donors (Lipinski definition) is 2. The van der Waals surface area contributed by atoms with Gasteiger partial charge in [-0.2, -0.15) is 0 Å². The van der Waals surface area contributed by atoms with Gasteiger partial charge in [-0.05, 0) is 56.8 Å². The highest BCUT2D eigenvalue weighted by atomic mass is 32.1. The lowest BCUT2D eigenvalue weighted by molar-refractivity contribution is -0.120. The Bertz CT molecular complexity index is 973. The van der Waals surface area contributed by atoms with Crippen molar-refractivity contribution in [3.05, 3.63) is 46.4 Å². The summed E-state index contributed by atoms with van der Waals surface area (Å²) >= 11 is 1.34. The largest absolute Gasteiger partial charge is 0.337 e. The topological polar surface area (TPSA) is 76.0 Å². The van der Waals surface area contributed by atoms with Crippen LogP contribution in [0.15, 0.2) is 35.7 Å². The van der Waals surface area contributed by atoms with Crippen molar-refractivity contribution in [2.45, 2.75) is 46.2 Å². The van der Waals surface area contributed by atoms with Crippen molar-refractivity contribution in [1.29, 1.82) is 0 Å². The smallest absolute Gasteiger partial charge is 0.262 e. The lowest BCUT2D eigenvalue weighted by atomic mass is 10.0. The lowest BCUT2D eigenvalue weighted by Gasteiger charge is -2.25. The molecule has 27 heavy (non-hydrogen) atoms. The summed E-state index contributed by atoms with van der Waals surface area (Å²) in [6.07, 6.45) is 1.03. The van der Waals surface area contributed by atoms with Gasteiger partial charge in [0, 0.05) is 12.2 Å². The Kier molecular flexibility index (Phi) is 5.32. The molecule has 7 heteroatoms. The number of nitrogens with zero attached hydrogens (tertiary/aromatic N) is 2. The van der Waals surface area contributed by atoms with Crippen LogP contribution in [0.4, 0.5) is 5.69 Å². The summed E-state index contributed by atoms with van der Waals surface area (Å²) in [6.45, 7) is 8.40. The summed E-state index contributed by atoms with van der Waals surface area (Å²) in [5, 5.41) is 7.50. The van der Waals surface area contributed by atoms with Crippen molar-refractivity contribution < 1.29 is 9.59 Å². The van der Waals surface area contributed by atoms with Gasteiger partial charge in [-0.15, -0.1) is 11.3 Å². The molecular weight excluding hydrogens is 360 g/mol. The van der Waals surface area contributed by atoms with Crippen LogP contribution in [0.25, 0.3) is 11.0 Å². The van der Waals surface area contributed by atoms with Crippen LogP contribution in [0.2, 0.25) is 0 Å². The molecule has 3 aromatic rings. The second kappa shape index (κ2) is 7.52. The molecule has 0 bridgehead atoms. The van der Waals surface area contributed by atoms with E-state index in [0.29, 0.717) is 10.6 Å². The summed E-state index contributed by atoms with van der Waals surface area (Å²) in [5.74, 6) is 0.421. The molecule has 1 aromatic carbocycles. The van der Waals surface area contributed by atoms with E-state index in [0.717, 1.165) is 29.8 Å². The number of imidazole rings is 1. The highest BCUT2D eigenvalue weighted by molar-refractivity contribution is 7.12. The third-order valence-corrected chi connectivity index (χ3v) is 5.25. The van der Waals surface area contributed by atoms with E-state index in [-0.39, 0.29) is 11.8 Å². The number of thiophene rings is 1. The van der Waals surface area contributed by atoms with Gasteiger partial charge in [0.25, 0.3) is 5.91 Å². The molecule has 2 N–H and O–H groups in total. The number of amides is 2. The SMILES string of the molecule is CCCn1c(C)nc2cc(NC(=O)C(C)(C)NC(=O)c3cccs3)ccc21. The van der Waals surface area contributed by atoms with Crippen molar-refractivity contribution in [2.75, 3.05) is 5.32 Å². The Morgan fingerprint density at radius 2 is 2.04 bits per heavy atom. The minimum Gasteiger partial charge on any atom is -0.337 e. The molecule has 0 aliphatic carbocycles. The average Bonchev–Trinajstić information content (AvgIpc) is 3.23. The number of benzene rings is 1. The number of nitrogens with one attached hydrogen (secondary N) is 2. The number of carbonyl (C=O) groups is 2. The molecule has 0 radical (unpaired) electrons. The van der Waals surface area contributed by atoms with Gasteiger partial charge in [-0.1, -0.05) is 13.0 Å². The lowest BCUT2D eigenvalue weighted by Crippen LogP contribution is -2.52. The van der Waals surface area contributed by atoms with E-state index in [9.17, 15) is 9.59 Å². The van der Waals surface area contributed by atoms with Crippen molar-refractivity contribution in [3.63, 3.8) is 0 Å². The van der Waals surface area contributed by atoms with Gasteiger partial charge in [-0.25, -0.2) is 4.98 Å². The Hall–Kier alpha value is -2.67. The predicted molar refractivity (Wildman–Crippen MR) is 109 cm³/mol. The third kappa shape index (κ3) is 4.03. The first-order valence-electron chi connectivity index (χ1n) is 8.96. The fourth-order valence-electron chi connectivity index (χ4n) is 2.93. The first-order chi connectivity index (χ1) is 12.8. The van der Waals surface area contributed by atoms with E-state index in [2.05, 4.69) is 27.1 Å². The van der Waals surface area contributed by atoms with Gasteiger partial charge in [0.05, 0.1) is 15.9 Å². The van der Waals surface area contributed by atoms with E-state index in [1.54, 1.807) is 19.9 Å². The molecule has 2 amide bonds. The normalized spacial score (nSPS) is 11.6. The number of fused-ring (bicyclic) bond motifs is 1. The van der Waals surface area contributed by atoms with E-state index in [1.807, 2.05) is 36.6 Å². The van der Waals surface area contributed by atoms with Gasteiger partial charge < -0.3 is 15.2 Å². The minimum atomic E-state index is -1.05. The number of aromatic nitrogens is 2. The first-order valence-corrected chi connectivity index (χ1v) is 9.84. The van der Waals surface area contributed by atoms with E-state index in [1.165, 1.54) is 11.3 Å². The predicted octanol–water partition coefficient (Wildman–Crippen LogP) is 3.96. The van der Waals surface area contributed by atoms with Gasteiger partial charge in [0.15, 0.2) is 0 Å². The molecule has 6 nitrogen and oxygen atoms in total. The Morgan fingerprint density at radius 3 is 2.70 bits per heavy atom. The molecule has 0 aliphatic rings. The molecule has 2 heterocycles. The maximum absolute atomic E-state index is 12.7. The molecule has 0 saturated heterocycles.